The molecule has 1 aliphatic rings. The number of para-hydroxylation sites is 1. The fourth-order valence-corrected chi connectivity index (χ4v) is 3.89. The van der Waals surface area contributed by atoms with Crippen molar-refractivity contribution in [3.8, 4) is 11.5 Å². The van der Waals surface area contributed by atoms with Gasteiger partial charge in [-0.15, -0.1) is 10.2 Å². The van der Waals surface area contributed by atoms with Crippen LogP contribution in [0.5, 0.6) is 11.5 Å². The molecule has 33 heavy (non-hydrogen) atoms. The molecule has 0 saturated carbocycles. The summed E-state index contributed by atoms with van der Waals surface area (Å²) in [5.41, 5.74) is 0.159. The number of amides is 1. The van der Waals surface area contributed by atoms with Crippen molar-refractivity contribution >= 4 is 5.91 Å². The van der Waals surface area contributed by atoms with Crippen LogP contribution in [0.15, 0.2) is 36.4 Å². The van der Waals surface area contributed by atoms with E-state index in [-0.39, 0.29) is 12.3 Å². The Balaban J connectivity index is 1.40. The Labute approximate surface area is 189 Å². The smallest absolute Gasteiger partial charge is 0.257 e. The van der Waals surface area contributed by atoms with Crippen LogP contribution in [0.1, 0.15) is 34.5 Å². The van der Waals surface area contributed by atoms with Crippen LogP contribution in [-0.4, -0.2) is 50.4 Å². The lowest BCUT2D eigenvalue weighted by Gasteiger charge is -2.21. The SMILES string of the molecule is CCOc1cccc(CN2CCc3nnc(CNC(=O)c4c(F)cccc4F)n3CC2)c1O. The van der Waals surface area contributed by atoms with E-state index in [1.165, 1.54) is 6.07 Å². The van der Waals surface area contributed by atoms with E-state index in [2.05, 4.69) is 20.4 Å². The van der Waals surface area contributed by atoms with Gasteiger partial charge in [0.2, 0.25) is 0 Å². The second kappa shape index (κ2) is 9.95. The molecule has 174 valence electrons. The molecule has 0 saturated heterocycles. The first kappa shape index (κ1) is 22.7. The molecule has 0 bridgehead atoms. The third-order valence-electron chi connectivity index (χ3n) is 5.57. The topological polar surface area (TPSA) is 92.5 Å². The normalized spacial score (nSPS) is 13.9. The molecule has 0 radical (unpaired) electrons. The van der Waals surface area contributed by atoms with Crippen LogP contribution in [0, 0.1) is 11.6 Å². The number of fused-ring (bicyclic) bond motifs is 1. The molecule has 8 nitrogen and oxygen atoms in total. The average molecular weight is 457 g/mol. The molecule has 0 unspecified atom stereocenters. The van der Waals surface area contributed by atoms with Gasteiger partial charge in [-0.2, -0.15) is 0 Å². The number of halogens is 2. The fraction of sp³-hybridized carbons (Fsp3) is 0.348. The summed E-state index contributed by atoms with van der Waals surface area (Å²) in [6, 6.07) is 8.74. The van der Waals surface area contributed by atoms with E-state index >= 15 is 0 Å². The number of carbonyl (C=O) groups excluding carboxylic acids is 1. The van der Waals surface area contributed by atoms with Crippen LogP contribution < -0.4 is 10.1 Å². The number of aromatic hydroxyl groups is 1. The minimum absolute atomic E-state index is 0.00318. The van der Waals surface area contributed by atoms with E-state index in [1.54, 1.807) is 6.07 Å². The highest BCUT2D eigenvalue weighted by Crippen LogP contribution is 2.31. The van der Waals surface area contributed by atoms with Gasteiger partial charge in [0.1, 0.15) is 23.0 Å². The molecule has 2 N–H and O–H groups in total. The second-order valence-corrected chi connectivity index (χ2v) is 7.69. The minimum Gasteiger partial charge on any atom is -0.504 e. The molecule has 0 fully saturated rings. The molecule has 0 spiro atoms. The Bertz CT molecular complexity index is 1130. The van der Waals surface area contributed by atoms with Crippen LogP contribution in [0.2, 0.25) is 0 Å². The first-order valence-electron chi connectivity index (χ1n) is 10.8. The van der Waals surface area contributed by atoms with E-state index in [0.29, 0.717) is 50.8 Å². The third kappa shape index (κ3) is 4.95. The summed E-state index contributed by atoms with van der Waals surface area (Å²) in [6.45, 7) is 4.84. The molecular formula is C23H25F2N5O3. The van der Waals surface area contributed by atoms with E-state index in [0.717, 1.165) is 23.5 Å². The highest BCUT2D eigenvalue weighted by atomic mass is 19.1. The Morgan fingerprint density at radius 2 is 1.88 bits per heavy atom. The number of phenolic OH excluding ortho intramolecular Hbond substituents is 1. The third-order valence-corrected chi connectivity index (χ3v) is 5.57. The summed E-state index contributed by atoms with van der Waals surface area (Å²) in [7, 11) is 0. The van der Waals surface area contributed by atoms with Crippen molar-refractivity contribution in [3.05, 3.63) is 70.8 Å². The number of benzene rings is 2. The first-order valence-corrected chi connectivity index (χ1v) is 10.8. The van der Waals surface area contributed by atoms with Crippen LogP contribution in [0.25, 0.3) is 0 Å². The van der Waals surface area contributed by atoms with Crippen molar-refractivity contribution < 1.29 is 23.4 Å². The number of hydrogen-bond acceptors (Lipinski definition) is 6. The maximum absolute atomic E-state index is 13.8. The van der Waals surface area contributed by atoms with Crippen molar-refractivity contribution in [3.63, 3.8) is 0 Å². The lowest BCUT2D eigenvalue weighted by molar-refractivity contribution is 0.0941. The number of rotatable bonds is 7. The molecule has 1 aromatic heterocycles. The van der Waals surface area contributed by atoms with E-state index in [1.807, 2.05) is 23.6 Å². The lowest BCUT2D eigenvalue weighted by atomic mass is 10.1. The molecule has 0 atom stereocenters. The van der Waals surface area contributed by atoms with Crippen LogP contribution in [0.3, 0.4) is 0 Å². The molecular weight excluding hydrogens is 432 g/mol. The van der Waals surface area contributed by atoms with Crippen LogP contribution >= 0.6 is 0 Å². The predicted molar refractivity (Wildman–Crippen MR) is 116 cm³/mol. The summed E-state index contributed by atoms with van der Waals surface area (Å²) in [5.74, 6) is -0.787. The zero-order valence-electron chi connectivity index (χ0n) is 18.2. The number of phenols is 1. The van der Waals surface area contributed by atoms with Crippen molar-refractivity contribution in [1.82, 2.24) is 25.0 Å². The summed E-state index contributed by atoms with van der Waals surface area (Å²) in [4.78, 5) is 14.5. The number of nitrogens with zero attached hydrogens (tertiary/aromatic N) is 4. The highest BCUT2D eigenvalue weighted by Gasteiger charge is 2.22. The van der Waals surface area contributed by atoms with Gasteiger partial charge in [-0.25, -0.2) is 8.78 Å². The maximum Gasteiger partial charge on any atom is 0.257 e. The van der Waals surface area contributed by atoms with Gasteiger partial charge >= 0.3 is 0 Å². The van der Waals surface area contributed by atoms with E-state index < -0.39 is 23.1 Å². The Morgan fingerprint density at radius 3 is 2.64 bits per heavy atom. The molecule has 2 aromatic carbocycles. The molecule has 0 aliphatic carbocycles. The van der Waals surface area contributed by atoms with Gasteiger partial charge in [-0.3, -0.25) is 9.69 Å². The first-order chi connectivity index (χ1) is 16.0. The van der Waals surface area contributed by atoms with Crippen LogP contribution in [-0.2, 0) is 26.1 Å². The van der Waals surface area contributed by atoms with Gasteiger partial charge in [-0.05, 0) is 25.1 Å². The minimum atomic E-state index is -0.917. The van der Waals surface area contributed by atoms with E-state index in [9.17, 15) is 18.7 Å². The summed E-state index contributed by atoms with van der Waals surface area (Å²) in [6.07, 6.45) is 0.634. The summed E-state index contributed by atoms with van der Waals surface area (Å²) >= 11 is 0. The number of hydrogen-bond donors (Lipinski definition) is 2. The number of carbonyl (C=O) groups is 1. The van der Waals surface area contributed by atoms with Gasteiger partial charge in [0, 0.05) is 38.2 Å². The largest absolute Gasteiger partial charge is 0.504 e. The van der Waals surface area contributed by atoms with Gasteiger partial charge in [0.05, 0.1) is 13.2 Å². The lowest BCUT2D eigenvalue weighted by Crippen LogP contribution is -2.28. The van der Waals surface area contributed by atoms with Gasteiger partial charge in [-0.1, -0.05) is 18.2 Å². The van der Waals surface area contributed by atoms with Gasteiger partial charge < -0.3 is 19.7 Å². The standard InChI is InChI=1S/C23H25F2N5O3/c1-2-33-18-8-3-5-15(22(18)31)14-29-10-9-19-27-28-20(30(19)12-11-29)13-26-23(32)21-16(24)6-4-7-17(21)25/h3-8,31H,2,9-14H2,1H3,(H,26,32). The average Bonchev–Trinajstić information content (AvgIpc) is 3.07. The molecule has 1 amide bonds. The zero-order chi connectivity index (χ0) is 23.4. The quantitative estimate of drug-likeness (QED) is 0.567. The predicted octanol–water partition coefficient (Wildman–Crippen LogP) is 2.65. The summed E-state index contributed by atoms with van der Waals surface area (Å²) < 4.78 is 35.1. The second-order valence-electron chi connectivity index (χ2n) is 7.69. The highest BCUT2D eigenvalue weighted by molar-refractivity contribution is 5.94. The number of ether oxygens (including phenoxy) is 1. The Morgan fingerprint density at radius 1 is 1.12 bits per heavy atom. The summed E-state index contributed by atoms with van der Waals surface area (Å²) in [5, 5.41) is 21.4. The van der Waals surface area contributed by atoms with Crippen molar-refractivity contribution in [1.29, 1.82) is 0 Å². The van der Waals surface area contributed by atoms with Gasteiger partial charge in [0.25, 0.3) is 5.91 Å². The zero-order valence-corrected chi connectivity index (χ0v) is 18.2. The number of aromatic nitrogens is 3. The number of nitrogens with one attached hydrogen (secondary N) is 1. The molecule has 3 aromatic rings. The van der Waals surface area contributed by atoms with Crippen molar-refractivity contribution in [2.75, 3.05) is 19.7 Å². The molecule has 2 heterocycles. The van der Waals surface area contributed by atoms with Crippen molar-refractivity contribution in [2.45, 2.75) is 33.0 Å². The van der Waals surface area contributed by atoms with Crippen molar-refractivity contribution in [2.24, 2.45) is 0 Å². The Kier molecular flexibility index (Phi) is 6.83. The van der Waals surface area contributed by atoms with Gasteiger partial charge in [0.15, 0.2) is 17.3 Å². The van der Waals surface area contributed by atoms with E-state index in [4.69, 9.17) is 4.74 Å². The molecule has 1 aliphatic heterocycles. The van der Waals surface area contributed by atoms with Crippen LogP contribution in [0.4, 0.5) is 8.78 Å². The fourth-order valence-electron chi connectivity index (χ4n) is 3.89. The molecule has 4 rings (SSSR count). The maximum atomic E-state index is 13.8. The monoisotopic (exact) mass is 457 g/mol. The Hall–Kier alpha value is -3.53. The molecule has 10 heteroatoms.